The summed E-state index contributed by atoms with van der Waals surface area (Å²) in [6, 6.07) is 0. The molecule has 0 aromatic heterocycles. The molecule has 0 N–H and O–H groups in total. The van der Waals surface area contributed by atoms with Gasteiger partial charge in [-0.3, -0.25) is 0 Å². The Balaban J connectivity index is 4.96. The Kier molecular flexibility index (Phi) is 6.74. The Morgan fingerprint density at radius 2 is 1.56 bits per heavy atom. The zero-order valence-corrected chi connectivity index (χ0v) is 12.9. The van der Waals surface area contributed by atoms with Gasteiger partial charge in [0.2, 0.25) is 0 Å². The van der Waals surface area contributed by atoms with Gasteiger partial charge in [-0.2, -0.15) is 0 Å². The summed E-state index contributed by atoms with van der Waals surface area (Å²) in [5, 5.41) is 0. The lowest BCUT2D eigenvalue weighted by Crippen LogP contribution is -2.35. The molecule has 0 fully saturated rings. The first-order valence-electron chi connectivity index (χ1n) is 7.28. The van der Waals surface area contributed by atoms with E-state index in [2.05, 4.69) is 56.3 Å². The van der Waals surface area contributed by atoms with Crippen molar-refractivity contribution in [2.45, 2.75) is 73.5 Å². The van der Waals surface area contributed by atoms with E-state index in [1.807, 2.05) is 0 Å². The summed E-state index contributed by atoms with van der Waals surface area (Å²) in [7, 11) is 2.44. The van der Waals surface area contributed by atoms with Gasteiger partial charge >= 0.3 is 0 Å². The van der Waals surface area contributed by atoms with Gasteiger partial charge in [0.05, 0.1) is 0 Å². The Morgan fingerprint density at radius 1 is 1.06 bits per heavy atom. The zero-order valence-electron chi connectivity index (χ0n) is 12.9. The van der Waals surface area contributed by atoms with Crippen LogP contribution in [0.25, 0.3) is 0 Å². The summed E-state index contributed by atoms with van der Waals surface area (Å²) < 4.78 is 0. The average molecular weight is 224 g/mol. The normalized spacial score (nSPS) is 19.8. The van der Waals surface area contributed by atoms with Gasteiger partial charge in [0.1, 0.15) is 7.85 Å². The fraction of sp³-hybridized carbons (Fsp3) is 1.00. The van der Waals surface area contributed by atoms with Gasteiger partial charge in [0.15, 0.2) is 0 Å². The van der Waals surface area contributed by atoms with E-state index >= 15 is 0 Å². The highest BCUT2D eigenvalue weighted by molar-refractivity contribution is 6.11. The lowest BCUT2D eigenvalue weighted by atomic mass is 9.56. The minimum Gasteiger partial charge on any atom is -0.0664 e. The number of rotatable bonds is 7. The van der Waals surface area contributed by atoms with E-state index in [9.17, 15) is 0 Å². The first-order valence-corrected chi connectivity index (χ1v) is 7.28. The zero-order chi connectivity index (χ0) is 12.9. The molecule has 0 aromatic carbocycles. The highest BCUT2D eigenvalue weighted by Gasteiger charge is 2.37. The summed E-state index contributed by atoms with van der Waals surface area (Å²) >= 11 is 0. The molecule has 0 amide bonds. The third-order valence-electron chi connectivity index (χ3n) is 4.46. The van der Waals surface area contributed by atoms with E-state index in [1.54, 1.807) is 0 Å². The van der Waals surface area contributed by atoms with Crippen molar-refractivity contribution in [1.29, 1.82) is 0 Å². The molecule has 0 aliphatic rings. The van der Waals surface area contributed by atoms with E-state index in [0.717, 1.165) is 23.6 Å². The quantitative estimate of drug-likeness (QED) is 0.556. The molecule has 1 heteroatoms. The molecule has 0 saturated carbocycles. The molecule has 0 nitrogen and oxygen atoms in total. The first kappa shape index (κ1) is 16.1. The molecule has 0 aromatic rings. The van der Waals surface area contributed by atoms with Gasteiger partial charge in [0.25, 0.3) is 0 Å². The molecule has 3 unspecified atom stereocenters. The van der Waals surface area contributed by atoms with Crippen LogP contribution in [0.4, 0.5) is 0 Å². The van der Waals surface area contributed by atoms with Crippen molar-refractivity contribution < 1.29 is 0 Å². The summed E-state index contributed by atoms with van der Waals surface area (Å²) in [6.07, 6.45) is 4.01. The molecule has 0 aliphatic heterocycles. The molecule has 0 saturated heterocycles. The van der Waals surface area contributed by atoms with Crippen molar-refractivity contribution in [2.75, 3.05) is 0 Å². The summed E-state index contributed by atoms with van der Waals surface area (Å²) in [5.41, 5.74) is 0.526. The maximum atomic E-state index is 2.52. The van der Waals surface area contributed by atoms with Gasteiger partial charge < -0.3 is 0 Å². The monoisotopic (exact) mass is 224 g/mol. The Hall–Kier alpha value is 0.0649. The molecule has 0 radical (unpaired) electrons. The molecule has 0 spiro atoms. The number of hydrogen-bond acceptors (Lipinski definition) is 0. The Labute approximate surface area is 105 Å². The largest absolute Gasteiger partial charge is 0.105 e. The molecule has 0 bridgehead atoms. The van der Waals surface area contributed by atoms with Crippen LogP contribution in [0.1, 0.15) is 67.7 Å². The minimum absolute atomic E-state index is 0.526. The van der Waals surface area contributed by atoms with Crippen molar-refractivity contribution >= 4 is 7.85 Å². The Morgan fingerprint density at radius 3 is 1.81 bits per heavy atom. The minimum atomic E-state index is 0.526. The van der Waals surface area contributed by atoms with Crippen LogP contribution in [0.2, 0.25) is 5.82 Å². The molecular formula is C15H33B. The van der Waals surface area contributed by atoms with Crippen LogP contribution in [0.5, 0.6) is 0 Å². The lowest BCUT2D eigenvalue weighted by Gasteiger charge is -2.44. The van der Waals surface area contributed by atoms with E-state index in [4.69, 9.17) is 0 Å². The third kappa shape index (κ3) is 4.15. The average Bonchev–Trinajstić information content (AvgIpc) is 2.15. The Bertz CT molecular complexity index is 186. The molecular weight excluding hydrogens is 191 g/mol. The second-order valence-electron chi connectivity index (χ2n) is 6.76. The van der Waals surface area contributed by atoms with Crippen molar-refractivity contribution in [2.24, 2.45) is 23.2 Å². The van der Waals surface area contributed by atoms with Crippen molar-refractivity contribution in [3.63, 3.8) is 0 Å². The van der Waals surface area contributed by atoms with Crippen molar-refractivity contribution in [3.05, 3.63) is 0 Å². The second-order valence-corrected chi connectivity index (χ2v) is 6.76. The molecule has 0 heterocycles. The predicted molar refractivity (Wildman–Crippen MR) is 78.8 cm³/mol. The molecule has 16 heavy (non-hydrogen) atoms. The summed E-state index contributed by atoms with van der Waals surface area (Å²) in [4.78, 5) is 0. The number of hydrogen-bond donors (Lipinski definition) is 0. The lowest BCUT2D eigenvalue weighted by molar-refractivity contribution is 0.0910. The van der Waals surface area contributed by atoms with Crippen LogP contribution in [-0.2, 0) is 0 Å². The van der Waals surface area contributed by atoms with Crippen LogP contribution in [-0.4, -0.2) is 7.85 Å². The van der Waals surface area contributed by atoms with Gasteiger partial charge in [0, 0.05) is 0 Å². The van der Waals surface area contributed by atoms with E-state index in [0.29, 0.717) is 5.41 Å². The second kappa shape index (κ2) is 6.72. The van der Waals surface area contributed by atoms with Crippen LogP contribution in [0.3, 0.4) is 0 Å². The van der Waals surface area contributed by atoms with Crippen molar-refractivity contribution in [3.8, 4) is 0 Å². The van der Waals surface area contributed by atoms with Gasteiger partial charge in [-0.05, 0) is 29.6 Å². The molecule has 0 rings (SSSR count). The topological polar surface area (TPSA) is 0 Å². The van der Waals surface area contributed by atoms with Gasteiger partial charge in [-0.1, -0.05) is 67.1 Å². The van der Waals surface area contributed by atoms with Crippen LogP contribution >= 0.6 is 0 Å². The van der Waals surface area contributed by atoms with Crippen LogP contribution in [0, 0.1) is 23.2 Å². The highest BCUT2D eigenvalue weighted by Crippen LogP contribution is 2.47. The third-order valence-corrected chi connectivity index (χ3v) is 4.46. The standard InChI is InChI=1S/C15H33B/c1-8-13(16)14(12(5)6)15(7,9-2)10-11(3)4/h11-14H,8-10,16H2,1-7H3. The maximum absolute atomic E-state index is 2.52. The highest BCUT2D eigenvalue weighted by atomic mass is 14.4. The first-order chi connectivity index (χ1) is 7.28. The molecule has 96 valence electrons. The fourth-order valence-corrected chi connectivity index (χ4v) is 3.85. The predicted octanol–water partition coefficient (Wildman–Crippen LogP) is 4.55. The fourth-order valence-electron chi connectivity index (χ4n) is 3.85. The van der Waals surface area contributed by atoms with E-state index in [-0.39, 0.29) is 0 Å². The van der Waals surface area contributed by atoms with E-state index < -0.39 is 0 Å². The molecule has 3 atom stereocenters. The van der Waals surface area contributed by atoms with Crippen LogP contribution < -0.4 is 0 Å². The van der Waals surface area contributed by atoms with Gasteiger partial charge in [-0.15, -0.1) is 0 Å². The van der Waals surface area contributed by atoms with E-state index in [1.165, 1.54) is 19.3 Å². The van der Waals surface area contributed by atoms with Gasteiger partial charge in [-0.25, -0.2) is 0 Å². The smallest absolute Gasteiger partial charge is 0.0664 e. The van der Waals surface area contributed by atoms with Crippen molar-refractivity contribution in [1.82, 2.24) is 0 Å². The SMILES string of the molecule is BC(CC)C(C(C)C)C(C)(CC)CC(C)C. The van der Waals surface area contributed by atoms with Crippen LogP contribution in [0.15, 0.2) is 0 Å². The summed E-state index contributed by atoms with van der Waals surface area (Å²) in [6.45, 7) is 16.8. The maximum Gasteiger partial charge on any atom is 0.105 e. The molecule has 0 aliphatic carbocycles. The summed E-state index contributed by atoms with van der Waals surface area (Å²) in [5.74, 6) is 3.34.